The van der Waals surface area contributed by atoms with E-state index in [2.05, 4.69) is 42.8 Å². The zero-order chi connectivity index (χ0) is 12.2. The van der Waals surface area contributed by atoms with Crippen molar-refractivity contribution in [3.63, 3.8) is 0 Å². The SMILES string of the molecule is CCC(C)(C)c1ccc(OCC=O)c(Br)c1. The Morgan fingerprint density at radius 1 is 1.44 bits per heavy atom. The van der Waals surface area contributed by atoms with Crippen molar-refractivity contribution < 1.29 is 9.53 Å². The Kier molecular flexibility index (Phi) is 4.54. The summed E-state index contributed by atoms with van der Waals surface area (Å²) in [7, 11) is 0. The smallest absolute Gasteiger partial charge is 0.157 e. The standard InChI is InChI=1S/C13H17BrO2/c1-4-13(2,3)10-5-6-12(11(14)9-10)16-8-7-15/h5-7,9H,4,8H2,1-3H3. The minimum Gasteiger partial charge on any atom is -0.485 e. The summed E-state index contributed by atoms with van der Waals surface area (Å²) < 4.78 is 6.17. The molecule has 2 nitrogen and oxygen atoms in total. The second kappa shape index (κ2) is 5.48. The van der Waals surface area contributed by atoms with E-state index in [9.17, 15) is 4.79 Å². The molecule has 16 heavy (non-hydrogen) atoms. The number of hydrogen-bond acceptors (Lipinski definition) is 2. The first kappa shape index (κ1) is 13.2. The predicted octanol–water partition coefficient (Wildman–Crippen LogP) is 3.71. The maximum Gasteiger partial charge on any atom is 0.157 e. The summed E-state index contributed by atoms with van der Waals surface area (Å²) >= 11 is 3.46. The molecule has 0 aliphatic heterocycles. The van der Waals surface area contributed by atoms with E-state index < -0.39 is 0 Å². The Hall–Kier alpha value is -0.830. The van der Waals surface area contributed by atoms with Crippen molar-refractivity contribution in [3.8, 4) is 5.75 Å². The van der Waals surface area contributed by atoms with Crippen molar-refractivity contribution in [1.82, 2.24) is 0 Å². The lowest BCUT2D eigenvalue weighted by Gasteiger charge is -2.24. The third kappa shape index (κ3) is 3.08. The van der Waals surface area contributed by atoms with E-state index in [-0.39, 0.29) is 12.0 Å². The van der Waals surface area contributed by atoms with Crippen molar-refractivity contribution in [2.24, 2.45) is 0 Å². The van der Waals surface area contributed by atoms with Crippen LogP contribution in [0.4, 0.5) is 0 Å². The van der Waals surface area contributed by atoms with Gasteiger partial charge in [-0.05, 0) is 45.5 Å². The van der Waals surface area contributed by atoms with Crippen molar-refractivity contribution in [2.45, 2.75) is 32.6 Å². The average Bonchev–Trinajstić information content (AvgIpc) is 2.27. The average molecular weight is 285 g/mol. The normalized spacial score (nSPS) is 11.2. The summed E-state index contributed by atoms with van der Waals surface area (Å²) in [5.74, 6) is 0.711. The molecule has 0 saturated carbocycles. The molecule has 0 fully saturated rings. The van der Waals surface area contributed by atoms with Crippen LogP contribution in [0.3, 0.4) is 0 Å². The molecule has 0 spiro atoms. The van der Waals surface area contributed by atoms with Crippen LogP contribution in [0.15, 0.2) is 22.7 Å². The predicted molar refractivity (Wildman–Crippen MR) is 69.0 cm³/mol. The largest absolute Gasteiger partial charge is 0.485 e. The monoisotopic (exact) mass is 284 g/mol. The number of hydrogen-bond donors (Lipinski definition) is 0. The Labute approximate surface area is 105 Å². The minimum atomic E-state index is 0.0924. The fourth-order valence-electron chi connectivity index (χ4n) is 1.37. The van der Waals surface area contributed by atoms with Crippen LogP contribution >= 0.6 is 15.9 Å². The molecular formula is C13H17BrO2. The molecule has 0 heterocycles. The van der Waals surface area contributed by atoms with Gasteiger partial charge in [0.15, 0.2) is 6.29 Å². The quantitative estimate of drug-likeness (QED) is 0.771. The van der Waals surface area contributed by atoms with Crippen molar-refractivity contribution in [1.29, 1.82) is 0 Å². The van der Waals surface area contributed by atoms with Crippen LogP contribution in [0.25, 0.3) is 0 Å². The van der Waals surface area contributed by atoms with E-state index in [4.69, 9.17) is 4.74 Å². The maximum atomic E-state index is 10.2. The number of aldehydes is 1. The third-order valence-corrected chi connectivity index (χ3v) is 3.52. The Morgan fingerprint density at radius 2 is 2.12 bits per heavy atom. The van der Waals surface area contributed by atoms with Crippen LogP contribution in [0, 0.1) is 0 Å². The van der Waals surface area contributed by atoms with Crippen molar-refractivity contribution >= 4 is 22.2 Å². The minimum absolute atomic E-state index is 0.0924. The first-order chi connectivity index (χ1) is 7.51. The molecule has 1 rings (SSSR count). The molecule has 0 atom stereocenters. The van der Waals surface area contributed by atoms with E-state index in [1.807, 2.05) is 12.1 Å². The van der Waals surface area contributed by atoms with Crippen molar-refractivity contribution in [2.75, 3.05) is 6.61 Å². The summed E-state index contributed by atoms with van der Waals surface area (Å²) in [5, 5.41) is 0. The van der Waals surface area contributed by atoms with Gasteiger partial charge in [0.1, 0.15) is 12.4 Å². The lowest BCUT2D eigenvalue weighted by atomic mass is 9.82. The maximum absolute atomic E-state index is 10.2. The van der Waals surface area contributed by atoms with Gasteiger partial charge in [0.25, 0.3) is 0 Å². The molecule has 0 aliphatic rings. The Morgan fingerprint density at radius 3 is 2.62 bits per heavy atom. The summed E-state index contributed by atoms with van der Waals surface area (Å²) in [6.45, 7) is 6.68. The van der Waals surface area contributed by atoms with E-state index in [0.717, 1.165) is 17.2 Å². The molecule has 0 N–H and O–H groups in total. The van der Waals surface area contributed by atoms with Gasteiger partial charge in [-0.2, -0.15) is 0 Å². The van der Waals surface area contributed by atoms with Crippen LogP contribution in [0.1, 0.15) is 32.8 Å². The zero-order valence-corrected chi connectivity index (χ0v) is 11.5. The van der Waals surface area contributed by atoms with Crippen molar-refractivity contribution in [3.05, 3.63) is 28.2 Å². The lowest BCUT2D eigenvalue weighted by molar-refractivity contribution is -0.109. The number of carbonyl (C=O) groups is 1. The highest BCUT2D eigenvalue weighted by molar-refractivity contribution is 9.10. The van der Waals surface area contributed by atoms with E-state index in [1.54, 1.807) is 0 Å². The molecule has 1 aromatic carbocycles. The highest BCUT2D eigenvalue weighted by Crippen LogP contribution is 2.33. The topological polar surface area (TPSA) is 26.3 Å². The number of halogens is 1. The summed E-state index contributed by atoms with van der Waals surface area (Å²) in [6, 6.07) is 6.01. The van der Waals surface area contributed by atoms with Crippen LogP contribution in [-0.2, 0) is 10.2 Å². The molecule has 0 aliphatic carbocycles. The molecule has 0 radical (unpaired) electrons. The van der Waals surface area contributed by atoms with Gasteiger partial charge in [-0.15, -0.1) is 0 Å². The van der Waals surface area contributed by atoms with Gasteiger partial charge in [0, 0.05) is 0 Å². The molecular weight excluding hydrogens is 268 g/mol. The molecule has 3 heteroatoms. The number of rotatable bonds is 5. The third-order valence-electron chi connectivity index (χ3n) is 2.90. The molecule has 1 aromatic rings. The van der Waals surface area contributed by atoms with Gasteiger partial charge in [0.2, 0.25) is 0 Å². The van der Waals surface area contributed by atoms with Gasteiger partial charge in [0.05, 0.1) is 4.47 Å². The van der Waals surface area contributed by atoms with Gasteiger partial charge in [-0.3, -0.25) is 4.79 Å². The Balaban J connectivity index is 2.94. The highest BCUT2D eigenvalue weighted by atomic mass is 79.9. The fourth-order valence-corrected chi connectivity index (χ4v) is 1.86. The number of carbonyl (C=O) groups excluding carboxylic acids is 1. The number of ether oxygens (including phenoxy) is 1. The number of benzene rings is 1. The van der Waals surface area contributed by atoms with Gasteiger partial charge < -0.3 is 4.74 Å². The summed E-state index contributed by atoms with van der Waals surface area (Å²) in [6.07, 6.45) is 1.82. The molecule has 0 bridgehead atoms. The Bertz CT molecular complexity index is 372. The van der Waals surface area contributed by atoms with Crippen LogP contribution in [-0.4, -0.2) is 12.9 Å². The first-order valence-electron chi connectivity index (χ1n) is 5.37. The second-order valence-electron chi connectivity index (χ2n) is 4.36. The molecule has 0 saturated heterocycles. The van der Waals surface area contributed by atoms with Crippen LogP contribution in [0.2, 0.25) is 0 Å². The van der Waals surface area contributed by atoms with E-state index in [1.165, 1.54) is 5.56 Å². The van der Waals surface area contributed by atoms with Gasteiger partial charge in [-0.25, -0.2) is 0 Å². The molecule has 0 amide bonds. The van der Waals surface area contributed by atoms with Crippen LogP contribution in [0.5, 0.6) is 5.75 Å². The lowest BCUT2D eigenvalue weighted by Crippen LogP contribution is -2.15. The van der Waals surface area contributed by atoms with Crippen LogP contribution < -0.4 is 4.74 Å². The summed E-state index contributed by atoms with van der Waals surface area (Å²) in [4.78, 5) is 10.2. The first-order valence-corrected chi connectivity index (χ1v) is 6.17. The van der Waals surface area contributed by atoms with E-state index >= 15 is 0 Å². The molecule has 0 unspecified atom stereocenters. The fraction of sp³-hybridized carbons (Fsp3) is 0.462. The zero-order valence-electron chi connectivity index (χ0n) is 9.92. The van der Waals surface area contributed by atoms with Gasteiger partial charge in [-0.1, -0.05) is 26.8 Å². The highest BCUT2D eigenvalue weighted by Gasteiger charge is 2.18. The molecule has 88 valence electrons. The van der Waals surface area contributed by atoms with E-state index in [0.29, 0.717) is 5.75 Å². The second-order valence-corrected chi connectivity index (χ2v) is 5.21. The van der Waals surface area contributed by atoms with Gasteiger partial charge >= 0.3 is 0 Å². The summed E-state index contributed by atoms with van der Waals surface area (Å²) in [5.41, 5.74) is 1.42. The molecule has 0 aromatic heterocycles.